The number of benzene rings is 1. The first-order chi connectivity index (χ1) is 12.1. The van der Waals surface area contributed by atoms with Gasteiger partial charge >= 0.3 is 5.97 Å². The SMILES string of the molecule is COC(=O)C1=C(O)C(=C2CCCCC2)N(C(=O)c2ccccc2)C1=O. The van der Waals surface area contributed by atoms with E-state index in [1.165, 1.54) is 0 Å². The number of hydrogen-bond acceptors (Lipinski definition) is 5. The van der Waals surface area contributed by atoms with E-state index in [1.54, 1.807) is 30.3 Å². The van der Waals surface area contributed by atoms with Crippen molar-refractivity contribution in [3.63, 3.8) is 0 Å². The number of methoxy groups -OCH3 is 1. The van der Waals surface area contributed by atoms with E-state index in [0.29, 0.717) is 18.4 Å². The summed E-state index contributed by atoms with van der Waals surface area (Å²) in [7, 11) is 1.13. The van der Waals surface area contributed by atoms with Crippen LogP contribution < -0.4 is 0 Å². The van der Waals surface area contributed by atoms with Crippen LogP contribution in [0.3, 0.4) is 0 Å². The van der Waals surface area contributed by atoms with E-state index in [2.05, 4.69) is 4.74 Å². The minimum Gasteiger partial charge on any atom is -0.505 e. The summed E-state index contributed by atoms with van der Waals surface area (Å²) in [6, 6.07) is 8.32. The van der Waals surface area contributed by atoms with Gasteiger partial charge in [-0.15, -0.1) is 0 Å². The molecule has 1 aliphatic heterocycles. The Morgan fingerprint density at radius 3 is 2.32 bits per heavy atom. The van der Waals surface area contributed by atoms with Crippen LogP contribution >= 0.6 is 0 Å². The molecular formula is C19H19NO5. The van der Waals surface area contributed by atoms with E-state index in [9.17, 15) is 19.5 Å². The second-order valence-corrected chi connectivity index (χ2v) is 6.04. The fourth-order valence-corrected chi connectivity index (χ4v) is 3.27. The van der Waals surface area contributed by atoms with Crippen LogP contribution in [-0.2, 0) is 14.3 Å². The monoisotopic (exact) mass is 341 g/mol. The Labute approximate surface area is 145 Å². The number of aliphatic hydroxyl groups excluding tert-OH is 1. The average molecular weight is 341 g/mol. The van der Waals surface area contributed by atoms with E-state index in [1.807, 2.05) is 0 Å². The van der Waals surface area contributed by atoms with Gasteiger partial charge in [0, 0.05) is 5.56 Å². The third-order valence-electron chi connectivity index (χ3n) is 4.51. The molecule has 1 aromatic rings. The molecule has 1 N–H and O–H groups in total. The van der Waals surface area contributed by atoms with Crippen molar-refractivity contribution in [3.05, 3.63) is 58.5 Å². The molecule has 2 aliphatic rings. The number of carbonyl (C=O) groups excluding carboxylic acids is 3. The molecule has 1 saturated carbocycles. The van der Waals surface area contributed by atoms with Crippen molar-refractivity contribution in [2.75, 3.05) is 7.11 Å². The van der Waals surface area contributed by atoms with Gasteiger partial charge in [0.1, 0.15) is 0 Å². The molecule has 6 heteroatoms. The van der Waals surface area contributed by atoms with Crippen LogP contribution in [0.4, 0.5) is 0 Å². The summed E-state index contributed by atoms with van der Waals surface area (Å²) in [5, 5.41) is 10.5. The van der Waals surface area contributed by atoms with Gasteiger partial charge in [-0.3, -0.25) is 9.59 Å². The Kier molecular flexibility index (Phi) is 4.70. The van der Waals surface area contributed by atoms with Crippen LogP contribution in [0.5, 0.6) is 0 Å². The summed E-state index contributed by atoms with van der Waals surface area (Å²) in [6.45, 7) is 0. The number of amides is 2. The quantitative estimate of drug-likeness (QED) is 0.508. The molecule has 0 bridgehead atoms. The number of aliphatic hydroxyl groups is 1. The normalized spacial score (nSPS) is 18.0. The first-order valence-corrected chi connectivity index (χ1v) is 8.24. The van der Waals surface area contributed by atoms with Crippen LogP contribution in [-0.4, -0.2) is 34.9 Å². The predicted octanol–water partition coefficient (Wildman–Crippen LogP) is 2.87. The van der Waals surface area contributed by atoms with E-state index in [-0.39, 0.29) is 5.70 Å². The van der Waals surface area contributed by atoms with Gasteiger partial charge in [0.15, 0.2) is 11.3 Å². The molecule has 0 saturated heterocycles. The Bertz CT molecular complexity index is 783. The summed E-state index contributed by atoms with van der Waals surface area (Å²) < 4.78 is 4.61. The zero-order valence-corrected chi connectivity index (χ0v) is 13.9. The number of rotatable bonds is 2. The molecular weight excluding hydrogens is 322 g/mol. The van der Waals surface area contributed by atoms with Crippen molar-refractivity contribution in [2.24, 2.45) is 0 Å². The smallest absolute Gasteiger partial charge is 0.347 e. The van der Waals surface area contributed by atoms with Crippen molar-refractivity contribution >= 4 is 17.8 Å². The highest BCUT2D eigenvalue weighted by molar-refractivity contribution is 6.25. The van der Waals surface area contributed by atoms with Gasteiger partial charge < -0.3 is 9.84 Å². The lowest BCUT2D eigenvalue weighted by molar-refractivity contribution is -0.138. The molecule has 1 heterocycles. The third-order valence-corrected chi connectivity index (χ3v) is 4.51. The van der Waals surface area contributed by atoms with Crippen LogP contribution in [0.1, 0.15) is 42.5 Å². The van der Waals surface area contributed by atoms with Gasteiger partial charge in [-0.2, -0.15) is 0 Å². The number of carbonyl (C=O) groups is 3. The molecule has 0 spiro atoms. The largest absolute Gasteiger partial charge is 0.505 e. The van der Waals surface area contributed by atoms with E-state index in [4.69, 9.17) is 0 Å². The molecule has 25 heavy (non-hydrogen) atoms. The molecule has 0 atom stereocenters. The van der Waals surface area contributed by atoms with Crippen molar-refractivity contribution in [3.8, 4) is 0 Å². The maximum absolute atomic E-state index is 12.9. The van der Waals surface area contributed by atoms with Crippen LogP contribution in [0.15, 0.2) is 52.9 Å². The molecule has 1 aliphatic carbocycles. The number of nitrogens with zero attached hydrogens (tertiary/aromatic N) is 1. The van der Waals surface area contributed by atoms with Gasteiger partial charge in [0.05, 0.1) is 12.8 Å². The molecule has 1 fully saturated rings. The van der Waals surface area contributed by atoms with Gasteiger partial charge in [0.25, 0.3) is 11.8 Å². The van der Waals surface area contributed by atoms with E-state index in [0.717, 1.165) is 36.8 Å². The molecule has 130 valence electrons. The lowest BCUT2D eigenvalue weighted by Crippen LogP contribution is -2.34. The second-order valence-electron chi connectivity index (χ2n) is 6.04. The number of hydrogen-bond donors (Lipinski definition) is 1. The topological polar surface area (TPSA) is 83.9 Å². The molecule has 2 amide bonds. The number of imide groups is 1. The van der Waals surface area contributed by atoms with Crippen molar-refractivity contribution < 1.29 is 24.2 Å². The molecule has 6 nitrogen and oxygen atoms in total. The average Bonchev–Trinajstić information content (AvgIpc) is 2.92. The fraction of sp³-hybridized carbons (Fsp3) is 0.316. The van der Waals surface area contributed by atoms with Gasteiger partial charge in [0.2, 0.25) is 0 Å². The predicted molar refractivity (Wildman–Crippen MR) is 89.4 cm³/mol. The van der Waals surface area contributed by atoms with Gasteiger partial charge in [-0.25, -0.2) is 9.69 Å². The lowest BCUT2D eigenvalue weighted by atomic mass is 9.92. The second kappa shape index (κ2) is 6.93. The summed E-state index contributed by atoms with van der Waals surface area (Å²) in [6.07, 6.45) is 4.26. The maximum atomic E-state index is 12.9. The molecule has 0 unspecified atom stereocenters. The van der Waals surface area contributed by atoms with Gasteiger partial charge in [-0.1, -0.05) is 24.6 Å². The van der Waals surface area contributed by atoms with Gasteiger partial charge in [-0.05, 0) is 43.4 Å². The van der Waals surface area contributed by atoms with Crippen LogP contribution in [0.2, 0.25) is 0 Å². The molecule has 3 rings (SSSR count). The summed E-state index contributed by atoms with van der Waals surface area (Å²) in [4.78, 5) is 38.5. The highest BCUT2D eigenvalue weighted by atomic mass is 16.5. The number of ether oxygens (including phenoxy) is 1. The first kappa shape index (κ1) is 17.0. The highest BCUT2D eigenvalue weighted by Gasteiger charge is 2.44. The zero-order chi connectivity index (χ0) is 18.0. The summed E-state index contributed by atoms with van der Waals surface area (Å²) in [5.41, 5.74) is 0.794. The number of esters is 1. The maximum Gasteiger partial charge on any atom is 0.347 e. The molecule has 0 aromatic heterocycles. The number of allylic oxidation sites excluding steroid dienone is 1. The first-order valence-electron chi connectivity index (χ1n) is 8.24. The lowest BCUT2D eigenvalue weighted by Gasteiger charge is -2.23. The van der Waals surface area contributed by atoms with Crippen LogP contribution in [0.25, 0.3) is 0 Å². The van der Waals surface area contributed by atoms with Crippen molar-refractivity contribution in [1.29, 1.82) is 0 Å². The van der Waals surface area contributed by atoms with Crippen molar-refractivity contribution in [1.82, 2.24) is 4.90 Å². The molecule has 1 aromatic carbocycles. The Morgan fingerprint density at radius 2 is 1.72 bits per heavy atom. The van der Waals surface area contributed by atoms with Crippen LogP contribution in [0, 0.1) is 0 Å². The van der Waals surface area contributed by atoms with E-state index >= 15 is 0 Å². The molecule has 0 radical (unpaired) electrons. The Hall–Kier alpha value is -2.89. The third kappa shape index (κ3) is 2.95. The zero-order valence-electron chi connectivity index (χ0n) is 13.9. The fourth-order valence-electron chi connectivity index (χ4n) is 3.27. The summed E-state index contributed by atoms with van der Waals surface area (Å²) >= 11 is 0. The minimum absolute atomic E-state index is 0.152. The van der Waals surface area contributed by atoms with Crippen molar-refractivity contribution in [2.45, 2.75) is 32.1 Å². The Balaban J connectivity index is 2.11. The highest BCUT2D eigenvalue weighted by Crippen LogP contribution is 2.37. The standard InChI is InChI=1S/C19H19NO5/c1-25-19(24)14-16(21)15(12-8-4-2-5-9-12)20(18(14)23)17(22)13-10-6-3-7-11-13/h3,6-7,10-11,21H,2,4-5,8-9H2,1H3. The Morgan fingerprint density at radius 1 is 1.08 bits per heavy atom. The summed E-state index contributed by atoms with van der Waals surface area (Å²) in [5.74, 6) is -2.81. The van der Waals surface area contributed by atoms with E-state index < -0.39 is 29.1 Å². The minimum atomic E-state index is -0.945.